The first-order valence-electron chi connectivity index (χ1n) is 13.4. The molecule has 40 heavy (non-hydrogen) atoms. The number of rotatable bonds is 16. The molecule has 0 radical (unpaired) electrons. The molecular formula is C28H46N4O8. The molecule has 0 aromatic heterocycles. The fraction of sp³-hybridized carbons (Fsp3) is 0.607. The summed E-state index contributed by atoms with van der Waals surface area (Å²) < 4.78 is 4.71. The van der Waals surface area contributed by atoms with Gasteiger partial charge in [-0.3, -0.25) is 24.4 Å². The molecule has 1 aromatic rings. The molecule has 3 amide bonds. The van der Waals surface area contributed by atoms with E-state index < -0.39 is 35.7 Å². The lowest BCUT2D eigenvalue weighted by molar-refractivity contribution is -0.142. The average molecular weight is 567 g/mol. The number of benzene rings is 1. The van der Waals surface area contributed by atoms with E-state index in [4.69, 9.17) is 20.4 Å². The van der Waals surface area contributed by atoms with Gasteiger partial charge in [-0.15, -0.1) is 0 Å². The predicted octanol–water partition coefficient (Wildman–Crippen LogP) is 2.03. The maximum absolute atomic E-state index is 13.3. The van der Waals surface area contributed by atoms with E-state index in [0.717, 1.165) is 18.9 Å². The predicted molar refractivity (Wildman–Crippen MR) is 149 cm³/mol. The summed E-state index contributed by atoms with van der Waals surface area (Å²) in [4.78, 5) is 59.0. The lowest BCUT2D eigenvalue weighted by Gasteiger charge is -2.28. The number of esters is 1. The summed E-state index contributed by atoms with van der Waals surface area (Å²) in [5, 5.41) is 22.2. The topological polar surface area (TPSA) is 197 Å². The zero-order valence-corrected chi connectivity index (χ0v) is 24.2. The molecule has 0 aliphatic rings. The molecule has 1 aromatic carbocycles. The van der Waals surface area contributed by atoms with Crippen LogP contribution >= 0.6 is 0 Å². The lowest BCUT2D eigenvalue weighted by Crippen LogP contribution is -2.50. The number of ether oxygens (including phenoxy) is 1. The number of carboxylic acids is 1. The van der Waals surface area contributed by atoms with Crippen LogP contribution in [0.25, 0.3) is 0 Å². The van der Waals surface area contributed by atoms with Crippen molar-refractivity contribution in [2.75, 3.05) is 20.7 Å². The van der Waals surface area contributed by atoms with Gasteiger partial charge in [0.25, 0.3) is 5.97 Å². The molecule has 0 heterocycles. The summed E-state index contributed by atoms with van der Waals surface area (Å²) in [7, 11) is 2.83. The fourth-order valence-corrected chi connectivity index (χ4v) is 4.23. The third kappa shape index (κ3) is 14.6. The highest BCUT2D eigenvalue weighted by Gasteiger charge is 2.35. The Labute approximate surface area is 236 Å². The molecule has 0 bridgehead atoms. The summed E-state index contributed by atoms with van der Waals surface area (Å²) in [6.07, 6.45) is 3.82. The van der Waals surface area contributed by atoms with Gasteiger partial charge in [0.1, 0.15) is 6.04 Å². The Morgan fingerprint density at radius 3 is 2.00 bits per heavy atom. The van der Waals surface area contributed by atoms with Gasteiger partial charge in [-0.25, -0.2) is 10.3 Å². The molecule has 1 unspecified atom stereocenters. The minimum Gasteiger partial charge on any atom is -0.481 e. The van der Waals surface area contributed by atoms with Crippen molar-refractivity contribution in [3.8, 4) is 0 Å². The monoisotopic (exact) mass is 566 g/mol. The fourth-order valence-electron chi connectivity index (χ4n) is 4.23. The second-order valence-corrected chi connectivity index (χ2v) is 9.88. The molecule has 0 aliphatic heterocycles. The first kappa shape index (κ1) is 36.5. The van der Waals surface area contributed by atoms with Crippen molar-refractivity contribution in [1.82, 2.24) is 16.1 Å². The van der Waals surface area contributed by atoms with Crippen LogP contribution in [0.15, 0.2) is 24.3 Å². The van der Waals surface area contributed by atoms with Crippen molar-refractivity contribution >= 4 is 29.7 Å². The van der Waals surface area contributed by atoms with Crippen LogP contribution < -0.4 is 21.8 Å². The SMILES string of the molecule is CC(=O)O.CNC(=O)[C@H](CCCCN)NC(=O)[C@H](CC(C)C)C(CCCc1ccc(C(=O)OC)cc1)C(=O)NO. The Hall–Kier alpha value is -3.51. The van der Waals surface area contributed by atoms with E-state index in [9.17, 15) is 24.4 Å². The third-order valence-corrected chi connectivity index (χ3v) is 6.18. The summed E-state index contributed by atoms with van der Waals surface area (Å²) in [6.45, 7) is 5.48. The van der Waals surface area contributed by atoms with Crippen molar-refractivity contribution in [3.63, 3.8) is 0 Å². The van der Waals surface area contributed by atoms with Crippen LogP contribution in [-0.4, -0.2) is 66.7 Å². The number of hydroxylamine groups is 1. The molecule has 0 spiro atoms. The van der Waals surface area contributed by atoms with Crippen LogP contribution in [0.2, 0.25) is 0 Å². The number of aryl methyl sites for hydroxylation is 1. The quantitative estimate of drug-likeness (QED) is 0.0750. The number of hydrogen-bond acceptors (Lipinski definition) is 8. The lowest BCUT2D eigenvalue weighted by atomic mass is 9.80. The van der Waals surface area contributed by atoms with Crippen LogP contribution in [0.4, 0.5) is 0 Å². The van der Waals surface area contributed by atoms with E-state index in [2.05, 4.69) is 10.6 Å². The van der Waals surface area contributed by atoms with E-state index in [-0.39, 0.29) is 17.7 Å². The molecule has 0 fully saturated rings. The molecule has 0 aliphatic carbocycles. The summed E-state index contributed by atoms with van der Waals surface area (Å²) in [5.74, 6) is -3.96. The molecule has 12 nitrogen and oxygen atoms in total. The number of carbonyl (C=O) groups excluding carboxylic acids is 4. The Kier molecular flexibility index (Phi) is 18.6. The van der Waals surface area contributed by atoms with Gasteiger partial charge in [-0.1, -0.05) is 26.0 Å². The maximum Gasteiger partial charge on any atom is 0.337 e. The second-order valence-electron chi connectivity index (χ2n) is 9.88. The Bertz CT molecular complexity index is 933. The summed E-state index contributed by atoms with van der Waals surface area (Å²) >= 11 is 0. The number of carbonyl (C=O) groups is 5. The minimum atomic E-state index is -0.833. The standard InChI is InChI=1S/C26H42N4O6.C2H4O2/c1-17(2)16-21(23(31)29-22(25(33)28-3)10-5-6-15-27)20(24(32)30-35)9-7-8-18-11-13-19(14-12-18)26(34)36-4;1-2(3)4/h11-14,17,20-22,35H,5-10,15-16,27H2,1-4H3,(H,28,33)(H,29,31)(H,30,32);1H3,(H,3,4)/t20?,21-,22+;/m1./s1. The van der Waals surface area contributed by atoms with Gasteiger partial charge in [0.2, 0.25) is 17.7 Å². The van der Waals surface area contributed by atoms with E-state index >= 15 is 0 Å². The molecule has 0 saturated carbocycles. The van der Waals surface area contributed by atoms with Gasteiger partial charge in [0.05, 0.1) is 18.6 Å². The van der Waals surface area contributed by atoms with Crippen LogP contribution in [-0.2, 0) is 30.3 Å². The second kappa shape index (κ2) is 20.4. The Morgan fingerprint density at radius 2 is 1.52 bits per heavy atom. The van der Waals surface area contributed by atoms with Gasteiger partial charge in [-0.05, 0) is 75.1 Å². The largest absolute Gasteiger partial charge is 0.481 e. The molecule has 226 valence electrons. The van der Waals surface area contributed by atoms with Crippen molar-refractivity contribution in [1.29, 1.82) is 0 Å². The zero-order chi connectivity index (χ0) is 30.7. The van der Waals surface area contributed by atoms with Crippen molar-refractivity contribution in [3.05, 3.63) is 35.4 Å². The molecule has 7 N–H and O–H groups in total. The third-order valence-electron chi connectivity index (χ3n) is 6.18. The molecule has 12 heteroatoms. The number of carboxylic acid groups (broad SMARTS) is 1. The highest BCUT2D eigenvalue weighted by atomic mass is 16.5. The molecular weight excluding hydrogens is 520 g/mol. The number of methoxy groups -OCH3 is 1. The van der Waals surface area contributed by atoms with E-state index in [1.165, 1.54) is 14.2 Å². The Balaban J connectivity index is 0.00000354. The molecule has 3 atom stereocenters. The summed E-state index contributed by atoms with van der Waals surface area (Å²) in [5.41, 5.74) is 8.69. The van der Waals surface area contributed by atoms with E-state index in [1.807, 2.05) is 26.0 Å². The first-order chi connectivity index (χ1) is 18.9. The number of aliphatic carboxylic acids is 1. The van der Waals surface area contributed by atoms with Crippen molar-refractivity contribution in [2.45, 2.75) is 71.8 Å². The highest BCUT2D eigenvalue weighted by Crippen LogP contribution is 2.27. The normalized spacial score (nSPS) is 12.7. The number of hydrogen-bond donors (Lipinski definition) is 6. The van der Waals surface area contributed by atoms with Gasteiger partial charge in [-0.2, -0.15) is 0 Å². The first-order valence-corrected chi connectivity index (χ1v) is 13.4. The molecule has 1 rings (SSSR count). The minimum absolute atomic E-state index is 0.108. The smallest absolute Gasteiger partial charge is 0.337 e. The molecule has 0 saturated heterocycles. The van der Waals surface area contributed by atoms with Gasteiger partial charge in [0, 0.05) is 19.9 Å². The maximum atomic E-state index is 13.3. The van der Waals surface area contributed by atoms with Crippen molar-refractivity contribution in [2.24, 2.45) is 23.5 Å². The number of amides is 3. The van der Waals surface area contributed by atoms with Gasteiger partial charge in [0.15, 0.2) is 0 Å². The average Bonchev–Trinajstić information content (AvgIpc) is 2.92. The summed E-state index contributed by atoms with van der Waals surface area (Å²) in [6, 6.07) is 6.27. The number of nitrogens with one attached hydrogen (secondary N) is 3. The van der Waals surface area contributed by atoms with E-state index in [0.29, 0.717) is 50.6 Å². The van der Waals surface area contributed by atoms with Crippen LogP contribution in [0.5, 0.6) is 0 Å². The zero-order valence-electron chi connectivity index (χ0n) is 24.2. The highest BCUT2D eigenvalue weighted by molar-refractivity contribution is 5.91. The number of nitrogens with two attached hydrogens (primary N) is 1. The van der Waals surface area contributed by atoms with Crippen molar-refractivity contribution < 1.29 is 39.0 Å². The Morgan fingerprint density at radius 1 is 0.925 bits per heavy atom. The number of unbranched alkanes of at least 4 members (excludes halogenated alkanes) is 1. The van der Waals surface area contributed by atoms with Crippen LogP contribution in [0.3, 0.4) is 0 Å². The van der Waals surface area contributed by atoms with Gasteiger partial charge >= 0.3 is 5.97 Å². The van der Waals surface area contributed by atoms with E-state index in [1.54, 1.807) is 17.6 Å². The van der Waals surface area contributed by atoms with Crippen LogP contribution in [0.1, 0.15) is 75.2 Å². The van der Waals surface area contributed by atoms with Crippen LogP contribution in [0, 0.1) is 17.8 Å². The number of likely N-dealkylation sites (N-methyl/N-ethyl adjacent to an activating group) is 1. The van der Waals surface area contributed by atoms with Gasteiger partial charge < -0.3 is 26.2 Å².